The fourth-order valence-corrected chi connectivity index (χ4v) is 3.37. The Morgan fingerprint density at radius 1 is 0.912 bits per heavy atom. The van der Waals surface area contributed by atoms with Gasteiger partial charge in [-0.1, -0.05) is 44.2 Å². The fraction of sp³-hybridized carbons (Fsp3) is 0.565. The molecule has 8 N–H and O–H groups in total. The Kier molecular flexibility index (Phi) is 13.2. The largest absolute Gasteiger partial charge is 0.480 e. The van der Waals surface area contributed by atoms with Gasteiger partial charge in [0.2, 0.25) is 17.7 Å². The van der Waals surface area contributed by atoms with Crippen LogP contribution >= 0.6 is 12.6 Å². The molecule has 0 spiro atoms. The van der Waals surface area contributed by atoms with Gasteiger partial charge >= 0.3 is 5.97 Å². The number of amides is 3. The zero-order chi connectivity index (χ0) is 25.7. The average Bonchev–Trinajstić information content (AvgIpc) is 2.80. The molecule has 11 heteroatoms. The molecular formula is C23H37N5O5S. The zero-order valence-corrected chi connectivity index (χ0v) is 20.6. The van der Waals surface area contributed by atoms with Gasteiger partial charge < -0.3 is 32.5 Å². The van der Waals surface area contributed by atoms with Crippen molar-refractivity contribution >= 4 is 36.3 Å². The highest BCUT2D eigenvalue weighted by molar-refractivity contribution is 7.80. The summed E-state index contributed by atoms with van der Waals surface area (Å²) in [7, 11) is 0. The van der Waals surface area contributed by atoms with Crippen LogP contribution in [0.5, 0.6) is 0 Å². The van der Waals surface area contributed by atoms with Gasteiger partial charge in [-0.05, 0) is 37.3 Å². The van der Waals surface area contributed by atoms with E-state index in [1.165, 1.54) is 0 Å². The van der Waals surface area contributed by atoms with E-state index >= 15 is 0 Å². The maximum atomic E-state index is 13.2. The monoisotopic (exact) mass is 495 g/mol. The van der Waals surface area contributed by atoms with E-state index in [0.29, 0.717) is 25.8 Å². The number of unbranched alkanes of at least 4 members (excludes halogenated alkanes) is 1. The van der Waals surface area contributed by atoms with Crippen molar-refractivity contribution in [1.29, 1.82) is 0 Å². The van der Waals surface area contributed by atoms with E-state index in [9.17, 15) is 24.3 Å². The quantitative estimate of drug-likeness (QED) is 0.130. The molecular weight excluding hydrogens is 458 g/mol. The highest BCUT2D eigenvalue weighted by atomic mass is 32.1. The number of carbonyl (C=O) groups is 4. The fourth-order valence-electron chi connectivity index (χ4n) is 3.12. The Bertz CT molecular complexity index is 808. The molecule has 190 valence electrons. The number of benzene rings is 1. The number of hydrogen-bond donors (Lipinski definition) is 7. The predicted octanol–water partition coefficient (Wildman–Crippen LogP) is -0.190. The molecule has 34 heavy (non-hydrogen) atoms. The molecule has 1 rings (SSSR count). The van der Waals surface area contributed by atoms with Crippen LogP contribution in [0.1, 0.15) is 38.7 Å². The minimum atomic E-state index is -1.23. The Labute approximate surface area is 206 Å². The number of carboxylic acids is 1. The third kappa shape index (κ3) is 10.1. The first kappa shape index (κ1) is 29.4. The van der Waals surface area contributed by atoms with Crippen molar-refractivity contribution in [2.45, 2.75) is 63.7 Å². The lowest BCUT2D eigenvalue weighted by molar-refractivity contribution is -0.141. The summed E-state index contributed by atoms with van der Waals surface area (Å²) in [6.07, 6.45) is 1.69. The van der Waals surface area contributed by atoms with Gasteiger partial charge in [-0.2, -0.15) is 12.6 Å². The standard InChI is InChI=1S/C23H37N5O5S/c1-14(2)19(25)22(31)26-16(10-6-7-11-24)20(29)27-17(12-15-8-4-3-5-9-15)21(30)28-18(13-34)23(32)33/h3-5,8-9,14,16-19,34H,6-7,10-13,24-25H2,1-2H3,(H,26,31)(H,27,29)(H,28,30)(H,32,33). The zero-order valence-electron chi connectivity index (χ0n) is 19.7. The molecule has 4 atom stereocenters. The Morgan fingerprint density at radius 3 is 2.00 bits per heavy atom. The van der Waals surface area contributed by atoms with Crippen LogP contribution in [-0.2, 0) is 25.6 Å². The highest BCUT2D eigenvalue weighted by Gasteiger charge is 2.30. The van der Waals surface area contributed by atoms with Gasteiger partial charge in [0.05, 0.1) is 6.04 Å². The summed E-state index contributed by atoms with van der Waals surface area (Å²) in [4.78, 5) is 49.9. The molecule has 0 aliphatic heterocycles. The summed E-state index contributed by atoms with van der Waals surface area (Å²) in [5, 5.41) is 17.0. The minimum Gasteiger partial charge on any atom is -0.480 e. The summed E-state index contributed by atoms with van der Waals surface area (Å²) in [5.74, 6) is -3.16. The molecule has 0 aromatic heterocycles. The molecule has 0 fully saturated rings. The molecule has 0 heterocycles. The van der Waals surface area contributed by atoms with Crippen molar-refractivity contribution in [1.82, 2.24) is 16.0 Å². The lowest BCUT2D eigenvalue weighted by Crippen LogP contribution is -2.58. The van der Waals surface area contributed by atoms with Crippen LogP contribution in [0, 0.1) is 5.92 Å². The van der Waals surface area contributed by atoms with Crippen molar-refractivity contribution < 1.29 is 24.3 Å². The van der Waals surface area contributed by atoms with Crippen LogP contribution in [0.25, 0.3) is 0 Å². The lowest BCUT2D eigenvalue weighted by Gasteiger charge is -2.25. The number of carboxylic acid groups (broad SMARTS) is 1. The summed E-state index contributed by atoms with van der Waals surface area (Å²) in [6, 6.07) is 5.00. The van der Waals surface area contributed by atoms with Crippen molar-refractivity contribution in [3.63, 3.8) is 0 Å². The van der Waals surface area contributed by atoms with Crippen molar-refractivity contribution in [3.05, 3.63) is 35.9 Å². The maximum absolute atomic E-state index is 13.2. The SMILES string of the molecule is CC(C)C(N)C(=O)NC(CCCCN)C(=O)NC(Cc1ccccc1)C(=O)NC(CS)C(=O)O. The molecule has 10 nitrogen and oxygen atoms in total. The van der Waals surface area contributed by atoms with E-state index in [1.54, 1.807) is 38.1 Å². The van der Waals surface area contributed by atoms with Crippen LogP contribution in [-0.4, -0.2) is 65.3 Å². The second-order valence-electron chi connectivity index (χ2n) is 8.45. The van der Waals surface area contributed by atoms with Crippen LogP contribution in [0.15, 0.2) is 30.3 Å². The first-order valence-corrected chi connectivity index (χ1v) is 12.0. The molecule has 0 saturated carbocycles. The molecule has 0 aliphatic rings. The highest BCUT2D eigenvalue weighted by Crippen LogP contribution is 2.08. The molecule has 0 radical (unpaired) electrons. The number of rotatable bonds is 15. The molecule has 0 aliphatic carbocycles. The molecule has 0 saturated heterocycles. The van der Waals surface area contributed by atoms with E-state index in [2.05, 4.69) is 28.6 Å². The van der Waals surface area contributed by atoms with E-state index in [-0.39, 0.29) is 18.1 Å². The van der Waals surface area contributed by atoms with E-state index in [4.69, 9.17) is 11.5 Å². The topological polar surface area (TPSA) is 177 Å². The van der Waals surface area contributed by atoms with Gasteiger partial charge in [0.1, 0.15) is 18.1 Å². The second kappa shape index (κ2) is 15.3. The van der Waals surface area contributed by atoms with Crippen LogP contribution in [0.2, 0.25) is 0 Å². The molecule has 1 aromatic rings. The Balaban J connectivity index is 3.07. The summed E-state index contributed by atoms with van der Waals surface area (Å²) in [6.45, 7) is 4.04. The number of aliphatic carboxylic acids is 1. The Hall–Kier alpha value is -2.63. The van der Waals surface area contributed by atoms with Crippen LogP contribution in [0.3, 0.4) is 0 Å². The van der Waals surface area contributed by atoms with Crippen LogP contribution in [0.4, 0.5) is 0 Å². The van der Waals surface area contributed by atoms with Gasteiger partial charge in [-0.3, -0.25) is 14.4 Å². The molecule has 0 bridgehead atoms. The van der Waals surface area contributed by atoms with Gasteiger partial charge in [0, 0.05) is 12.2 Å². The predicted molar refractivity (Wildman–Crippen MR) is 133 cm³/mol. The smallest absolute Gasteiger partial charge is 0.327 e. The lowest BCUT2D eigenvalue weighted by atomic mass is 10.0. The number of thiol groups is 1. The van der Waals surface area contributed by atoms with Gasteiger partial charge in [-0.15, -0.1) is 0 Å². The van der Waals surface area contributed by atoms with Crippen molar-refractivity contribution in [2.24, 2.45) is 17.4 Å². The third-order valence-electron chi connectivity index (χ3n) is 5.31. The number of hydrogen-bond acceptors (Lipinski definition) is 7. The minimum absolute atomic E-state index is 0.113. The summed E-state index contributed by atoms with van der Waals surface area (Å²) in [5.41, 5.74) is 12.2. The van der Waals surface area contributed by atoms with Gasteiger partial charge in [0.25, 0.3) is 0 Å². The maximum Gasteiger partial charge on any atom is 0.327 e. The molecule has 1 aromatic carbocycles. The number of nitrogens with one attached hydrogen (secondary N) is 3. The summed E-state index contributed by atoms with van der Waals surface area (Å²) >= 11 is 3.97. The third-order valence-corrected chi connectivity index (χ3v) is 5.68. The number of nitrogens with two attached hydrogens (primary N) is 2. The first-order valence-electron chi connectivity index (χ1n) is 11.3. The van der Waals surface area contributed by atoms with Crippen molar-refractivity contribution in [2.75, 3.05) is 12.3 Å². The van der Waals surface area contributed by atoms with E-state index in [0.717, 1.165) is 5.56 Å². The van der Waals surface area contributed by atoms with Crippen LogP contribution < -0.4 is 27.4 Å². The average molecular weight is 496 g/mol. The summed E-state index contributed by atoms with van der Waals surface area (Å²) < 4.78 is 0. The van der Waals surface area contributed by atoms with Crippen molar-refractivity contribution in [3.8, 4) is 0 Å². The molecule has 4 unspecified atom stereocenters. The van der Waals surface area contributed by atoms with E-state index in [1.807, 2.05) is 6.07 Å². The second-order valence-corrected chi connectivity index (χ2v) is 8.81. The number of carbonyl (C=O) groups excluding carboxylic acids is 3. The Morgan fingerprint density at radius 2 is 1.47 bits per heavy atom. The normalized spacial score (nSPS) is 14.5. The van der Waals surface area contributed by atoms with Gasteiger partial charge in [-0.25, -0.2) is 4.79 Å². The molecule has 3 amide bonds. The van der Waals surface area contributed by atoms with Gasteiger partial charge in [0.15, 0.2) is 0 Å². The van der Waals surface area contributed by atoms with E-state index < -0.39 is 47.9 Å². The first-order chi connectivity index (χ1) is 16.1.